The molecule has 6 heteroatoms. The Labute approximate surface area is 122 Å². The van der Waals surface area contributed by atoms with Crippen LogP contribution in [0.25, 0.3) is 0 Å². The molecule has 0 aliphatic heterocycles. The fourth-order valence-electron chi connectivity index (χ4n) is 2.26. The van der Waals surface area contributed by atoms with Gasteiger partial charge in [0.25, 0.3) is 0 Å². The highest BCUT2D eigenvalue weighted by atomic mass is 32.2. The van der Waals surface area contributed by atoms with E-state index in [4.69, 9.17) is 0 Å². The van der Waals surface area contributed by atoms with E-state index in [0.29, 0.717) is 6.04 Å². The van der Waals surface area contributed by atoms with Crippen molar-refractivity contribution in [2.75, 3.05) is 12.8 Å². The topological polar surface area (TPSA) is 37.8 Å². The number of hydrogen-bond donors (Lipinski definition) is 1. The van der Waals surface area contributed by atoms with E-state index in [1.54, 1.807) is 23.1 Å². The second-order valence-corrected chi connectivity index (χ2v) is 8.17. The summed E-state index contributed by atoms with van der Waals surface area (Å²) < 4.78 is 2.22. The van der Waals surface area contributed by atoms with Crippen molar-refractivity contribution in [2.45, 2.75) is 59.0 Å². The van der Waals surface area contributed by atoms with Gasteiger partial charge in [-0.3, -0.25) is 0 Å². The molecule has 1 aliphatic rings. The zero-order valence-electron chi connectivity index (χ0n) is 11.0. The normalized spacial score (nSPS) is 24.3. The van der Waals surface area contributed by atoms with E-state index in [2.05, 4.69) is 28.7 Å². The van der Waals surface area contributed by atoms with E-state index in [-0.39, 0.29) is 0 Å². The lowest BCUT2D eigenvalue weighted by Gasteiger charge is -2.28. The highest BCUT2D eigenvalue weighted by Crippen LogP contribution is 2.36. The van der Waals surface area contributed by atoms with Crippen LogP contribution in [0.5, 0.6) is 0 Å². The predicted molar refractivity (Wildman–Crippen MR) is 81.9 cm³/mol. The molecule has 18 heavy (non-hydrogen) atoms. The molecule has 0 amide bonds. The van der Waals surface area contributed by atoms with E-state index < -0.39 is 0 Å². The molecule has 0 spiro atoms. The summed E-state index contributed by atoms with van der Waals surface area (Å²) in [7, 11) is 0. The Morgan fingerprint density at radius 1 is 1.33 bits per heavy atom. The van der Waals surface area contributed by atoms with Gasteiger partial charge in [-0.15, -0.1) is 10.2 Å². The average Bonchev–Trinajstić information content (AvgIpc) is 2.84. The minimum atomic E-state index is 0.712. The predicted octanol–water partition coefficient (Wildman–Crippen LogP) is 3.66. The van der Waals surface area contributed by atoms with Gasteiger partial charge in [-0.1, -0.05) is 48.2 Å². The summed E-state index contributed by atoms with van der Waals surface area (Å²) in [6.45, 7) is 3.38. The molecule has 1 aromatic rings. The third-order valence-corrected chi connectivity index (χ3v) is 6.42. The fraction of sp³-hybridized carbons (Fsp3) is 0.833. The van der Waals surface area contributed by atoms with Crippen molar-refractivity contribution in [3.63, 3.8) is 0 Å². The van der Waals surface area contributed by atoms with Gasteiger partial charge in [-0.25, -0.2) is 0 Å². The number of hydrogen-bond acceptors (Lipinski definition) is 6. The Morgan fingerprint density at radius 2 is 2.17 bits per heavy atom. The van der Waals surface area contributed by atoms with Crippen LogP contribution in [0, 0.1) is 0 Å². The van der Waals surface area contributed by atoms with Crippen molar-refractivity contribution in [3.8, 4) is 0 Å². The molecule has 2 unspecified atom stereocenters. The molecule has 102 valence electrons. The van der Waals surface area contributed by atoms with Crippen molar-refractivity contribution < 1.29 is 0 Å². The second-order valence-electron chi connectivity index (χ2n) is 4.60. The highest BCUT2D eigenvalue weighted by Gasteiger charge is 2.23. The summed E-state index contributed by atoms with van der Waals surface area (Å²) in [6, 6.07) is 0.712. The van der Waals surface area contributed by atoms with Gasteiger partial charge in [0.05, 0.1) is 0 Å². The van der Waals surface area contributed by atoms with Crippen LogP contribution in [-0.4, -0.2) is 34.3 Å². The first-order chi connectivity index (χ1) is 8.81. The van der Waals surface area contributed by atoms with Gasteiger partial charge in [0.15, 0.2) is 8.68 Å². The lowest BCUT2D eigenvalue weighted by Crippen LogP contribution is -2.35. The molecule has 0 bridgehead atoms. The molecule has 1 fully saturated rings. The zero-order valence-corrected chi connectivity index (χ0v) is 13.5. The van der Waals surface area contributed by atoms with Gasteiger partial charge >= 0.3 is 0 Å². The van der Waals surface area contributed by atoms with E-state index in [0.717, 1.165) is 20.5 Å². The molecule has 1 aliphatic carbocycles. The minimum Gasteiger partial charge on any atom is -0.314 e. The van der Waals surface area contributed by atoms with E-state index in [1.165, 1.54) is 32.1 Å². The smallest absolute Gasteiger partial charge is 0.175 e. The molecule has 1 aromatic heterocycles. The molecule has 0 saturated heterocycles. The van der Waals surface area contributed by atoms with Crippen LogP contribution in [0.15, 0.2) is 8.68 Å². The molecular weight excluding hydrogens is 282 g/mol. The molecule has 1 heterocycles. The van der Waals surface area contributed by atoms with Gasteiger partial charge in [0, 0.05) is 11.3 Å². The number of nitrogens with zero attached hydrogens (tertiary/aromatic N) is 2. The van der Waals surface area contributed by atoms with E-state index in [1.807, 2.05) is 11.8 Å². The Bertz CT molecular complexity index is 356. The molecule has 2 atom stereocenters. The van der Waals surface area contributed by atoms with Crippen LogP contribution in [0.2, 0.25) is 0 Å². The zero-order chi connectivity index (χ0) is 12.8. The third kappa shape index (κ3) is 4.40. The summed E-state index contributed by atoms with van der Waals surface area (Å²) in [5.41, 5.74) is 0. The van der Waals surface area contributed by atoms with E-state index >= 15 is 0 Å². The Kier molecular flexibility index (Phi) is 6.28. The maximum absolute atomic E-state index is 4.26. The van der Waals surface area contributed by atoms with Gasteiger partial charge in [-0.2, -0.15) is 0 Å². The summed E-state index contributed by atoms with van der Waals surface area (Å²) in [5.74, 6) is 0. The molecule has 1 saturated carbocycles. The molecule has 0 radical (unpaired) electrons. The van der Waals surface area contributed by atoms with Crippen molar-refractivity contribution in [3.05, 3.63) is 0 Å². The van der Waals surface area contributed by atoms with Crippen LogP contribution in [-0.2, 0) is 0 Å². The summed E-state index contributed by atoms with van der Waals surface area (Å²) in [6.07, 6.45) is 8.56. The molecule has 0 aromatic carbocycles. The molecule has 1 N–H and O–H groups in total. The summed E-state index contributed by atoms with van der Waals surface area (Å²) in [5, 5.41) is 12.8. The first-order valence-corrected chi connectivity index (χ1v) is 9.51. The average molecular weight is 304 g/mol. The summed E-state index contributed by atoms with van der Waals surface area (Å²) >= 11 is 5.34. The lowest BCUT2D eigenvalue weighted by atomic mass is 9.95. The van der Waals surface area contributed by atoms with Crippen LogP contribution in [0.1, 0.15) is 39.0 Å². The number of rotatable bonds is 6. The largest absolute Gasteiger partial charge is 0.314 e. The van der Waals surface area contributed by atoms with Crippen molar-refractivity contribution in [2.24, 2.45) is 0 Å². The van der Waals surface area contributed by atoms with Gasteiger partial charge in [-0.05, 0) is 38.5 Å². The maximum Gasteiger partial charge on any atom is 0.175 e. The maximum atomic E-state index is 4.26. The molecule has 2 rings (SSSR count). The quantitative estimate of drug-likeness (QED) is 0.812. The van der Waals surface area contributed by atoms with Crippen molar-refractivity contribution in [1.82, 2.24) is 15.5 Å². The molecular formula is C12H21N3S3. The first-order valence-electron chi connectivity index (χ1n) is 6.59. The Morgan fingerprint density at radius 3 is 2.89 bits per heavy atom. The van der Waals surface area contributed by atoms with Crippen LogP contribution < -0.4 is 5.32 Å². The SMILES string of the molecule is CCCNC1CCCC(Sc2nnc(SC)s2)C1. The van der Waals surface area contributed by atoms with Crippen molar-refractivity contribution >= 4 is 34.9 Å². The number of thioether (sulfide) groups is 2. The third-order valence-electron chi connectivity index (χ3n) is 3.14. The van der Waals surface area contributed by atoms with Crippen LogP contribution in [0.3, 0.4) is 0 Å². The van der Waals surface area contributed by atoms with Gasteiger partial charge in [0.1, 0.15) is 0 Å². The Balaban J connectivity index is 1.81. The Hall–Kier alpha value is 0.220. The number of aromatic nitrogens is 2. The minimum absolute atomic E-state index is 0.712. The van der Waals surface area contributed by atoms with Gasteiger partial charge < -0.3 is 5.32 Å². The van der Waals surface area contributed by atoms with Crippen LogP contribution in [0.4, 0.5) is 0 Å². The second kappa shape index (κ2) is 7.72. The number of nitrogens with one attached hydrogen (secondary N) is 1. The highest BCUT2D eigenvalue weighted by molar-refractivity contribution is 8.03. The van der Waals surface area contributed by atoms with Gasteiger partial charge in [0.2, 0.25) is 0 Å². The standard InChI is InChI=1S/C12H21N3S3/c1-3-7-13-9-5-4-6-10(8-9)17-12-15-14-11(16-2)18-12/h9-10,13H,3-8H2,1-2H3. The monoisotopic (exact) mass is 303 g/mol. The van der Waals surface area contributed by atoms with Crippen LogP contribution >= 0.6 is 34.9 Å². The first kappa shape index (κ1) is 14.6. The van der Waals surface area contributed by atoms with Crippen molar-refractivity contribution in [1.29, 1.82) is 0 Å². The fourth-order valence-corrected chi connectivity index (χ4v) is 5.24. The van der Waals surface area contributed by atoms with E-state index in [9.17, 15) is 0 Å². The lowest BCUT2D eigenvalue weighted by molar-refractivity contribution is 0.381. The molecule has 3 nitrogen and oxygen atoms in total. The summed E-state index contributed by atoms with van der Waals surface area (Å²) in [4.78, 5) is 0.